The van der Waals surface area contributed by atoms with Crippen molar-refractivity contribution in [2.45, 2.75) is 20.8 Å². The lowest BCUT2D eigenvalue weighted by molar-refractivity contribution is -0.140. The molecule has 1 saturated carbocycles. The number of esters is 1. The molecule has 0 aliphatic heterocycles. The van der Waals surface area contributed by atoms with Crippen molar-refractivity contribution in [1.29, 1.82) is 0 Å². The molecule has 1 aromatic rings. The van der Waals surface area contributed by atoms with Crippen LogP contribution in [0.25, 0.3) is 0 Å². The van der Waals surface area contributed by atoms with E-state index in [0.717, 1.165) is 0 Å². The van der Waals surface area contributed by atoms with Crippen molar-refractivity contribution in [1.82, 2.24) is 10.2 Å². The molecule has 1 heterocycles. The highest BCUT2D eigenvalue weighted by molar-refractivity contribution is 6.04. The third-order valence-corrected chi connectivity index (χ3v) is 3.95. The van der Waals surface area contributed by atoms with Crippen molar-refractivity contribution in [2.24, 2.45) is 17.3 Å². The normalized spacial score (nSPS) is 22.5. The number of carbonyl (C=O) groups excluding carboxylic acids is 2. The summed E-state index contributed by atoms with van der Waals surface area (Å²) in [6.07, 6.45) is 0. The molecule has 2 atom stereocenters. The lowest BCUT2D eigenvalue weighted by Gasteiger charge is -2.05. The van der Waals surface area contributed by atoms with Crippen LogP contribution in [0.4, 0.5) is 5.82 Å². The van der Waals surface area contributed by atoms with Gasteiger partial charge in [-0.15, -0.1) is 0 Å². The van der Waals surface area contributed by atoms with Crippen LogP contribution >= 0.6 is 0 Å². The minimum absolute atomic E-state index is 0.0520. The van der Waals surface area contributed by atoms with E-state index < -0.39 is 35.1 Å². The number of nitrogens with zero attached hydrogens (tertiary/aromatic N) is 1. The third-order valence-electron chi connectivity index (χ3n) is 3.95. The van der Waals surface area contributed by atoms with E-state index in [2.05, 4.69) is 20.3 Å². The Morgan fingerprint density at radius 3 is 2.43 bits per heavy atom. The molecule has 114 valence electrons. The zero-order valence-electron chi connectivity index (χ0n) is 12.2. The molecule has 3 N–H and O–H groups in total. The smallest absolute Gasteiger partial charge is 0.343 e. The number of hydrogen-bond donors (Lipinski definition) is 3. The topological polar surface area (TPSA) is 121 Å². The molecule has 0 saturated heterocycles. The molecular weight excluding hydrogens is 278 g/mol. The summed E-state index contributed by atoms with van der Waals surface area (Å²) < 4.78 is 4.63. The number of aryl methyl sites for hydroxylation is 1. The summed E-state index contributed by atoms with van der Waals surface area (Å²) in [5.41, 5.74) is -0.0228. The number of carboxylic acids is 1. The monoisotopic (exact) mass is 295 g/mol. The van der Waals surface area contributed by atoms with Crippen LogP contribution in [0.15, 0.2) is 0 Å². The molecule has 0 aromatic carbocycles. The Kier molecular flexibility index (Phi) is 3.48. The van der Waals surface area contributed by atoms with Gasteiger partial charge in [0.05, 0.1) is 18.9 Å². The van der Waals surface area contributed by atoms with Crippen molar-refractivity contribution in [3.05, 3.63) is 11.3 Å². The quantitative estimate of drug-likeness (QED) is 0.706. The minimum Gasteiger partial charge on any atom is -0.481 e. The number of aromatic nitrogens is 2. The van der Waals surface area contributed by atoms with E-state index in [1.54, 1.807) is 20.8 Å². The number of H-pyrrole nitrogens is 1. The van der Waals surface area contributed by atoms with Crippen molar-refractivity contribution in [3.8, 4) is 0 Å². The van der Waals surface area contributed by atoms with Gasteiger partial charge in [-0.1, -0.05) is 13.8 Å². The Hall–Kier alpha value is -2.38. The number of carboxylic acid groups (broad SMARTS) is 1. The number of amides is 1. The highest BCUT2D eigenvalue weighted by Gasteiger charge is 2.66. The lowest BCUT2D eigenvalue weighted by atomic mass is 10.1. The molecule has 0 spiro atoms. The van der Waals surface area contributed by atoms with Gasteiger partial charge in [-0.2, -0.15) is 5.10 Å². The predicted molar refractivity (Wildman–Crippen MR) is 71.7 cm³/mol. The molecule has 8 nitrogen and oxygen atoms in total. The summed E-state index contributed by atoms with van der Waals surface area (Å²) in [5, 5.41) is 18.0. The van der Waals surface area contributed by atoms with Crippen LogP contribution in [-0.2, 0) is 14.3 Å². The van der Waals surface area contributed by atoms with Gasteiger partial charge >= 0.3 is 11.9 Å². The van der Waals surface area contributed by atoms with Crippen LogP contribution in [0.2, 0.25) is 0 Å². The molecule has 1 aliphatic rings. The maximum absolute atomic E-state index is 12.2. The lowest BCUT2D eigenvalue weighted by Crippen LogP contribution is -2.20. The molecule has 0 bridgehead atoms. The van der Waals surface area contributed by atoms with Gasteiger partial charge in [0, 0.05) is 5.69 Å². The summed E-state index contributed by atoms with van der Waals surface area (Å²) in [6, 6.07) is 0. The molecule has 1 aromatic heterocycles. The number of anilines is 1. The molecule has 8 heteroatoms. The average Bonchev–Trinajstić information content (AvgIpc) is 2.81. The number of nitrogens with one attached hydrogen (secondary N) is 2. The molecule has 1 amide bonds. The van der Waals surface area contributed by atoms with Gasteiger partial charge in [-0.05, 0) is 12.3 Å². The van der Waals surface area contributed by atoms with Crippen molar-refractivity contribution >= 4 is 23.7 Å². The zero-order valence-corrected chi connectivity index (χ0v) is 12.2. The van der Waals surface area contributed by atoms with Gasteiger partial charge in [0.25, 0.3) is 0 Å². The number of rotatable bonds is 4. The number of ether oxygens (including phenoxy) is 1. The Balaban J connectivity index is 2.19. The molecular formula is C13H17N3O5. The second-order valence-electron chi connectivity index (χ2n) is 5.67. The van der Waals surface area contributed by atoms with Crippen LogP contribution < -0.4 is 5.32 Å². The number of carbonyl (C=O) groups is 3. The molecule has 0 radical (unpaired) electrons. The number of aromatic amines is 1. The van der Waals surface area contributed by atoms with Gasteiger partial charge < -0.3 is 15.2 Å². The first kappa shape index (κ1) is 15.0. The highest BCUT2D eigenvalue weighted by Crippen LogP contribution is 2.58. The largest absolute Gasteiger partial charge is 0.481 e. The Labute approximate surface area is 120 Å². The maximum atomic E-state index is 12.2. The van der Waals surface area contributed by atoms with Crippen LogP contribution in [0, 0.1) is 24.2 Å². The van der Waals surface area contributed by atoms with Crippen molar-refractivity contribution < 1.29 is 24.2 Å². The van der Waals surface area contributed by atoms with E-state index in [0.29, 0.717) is 5.69 Å². The summed E-state index contributed by atoms with van der Waals surface area (Å²) in [5.74, 6) is -3.44. The summed E-state index contributed by atoms with van der Waals surface area (Å²) >= 11 is 0. The van der Waals surface area contributed by atoms with Gasteiger partial charge in [0.1, 0.15) is 5.56 Å². The first-order valence-electron chi connectivity index (χ1n) is 6.38. The van der Waals surface area contributed by atoms with Crippen molar-refractivity contribution in [2.75, 3.05) is 12.4 Å². The van der Waals surface area contributed by atoms with Gasteiger partial charge in [0.15, 0.2) is 5.82 Å². The fraction of sp³-hybridized carbons (Fsp3) is 0.538. The van der Waals surface area contributed by atoms with Gasteiger partial charge in [0.2, 0.25) is 5.91 Å². The van der Waals surface area contributed by atoms with E-state index in [9.17, 15) is 14.4 Å². The van der Waals surface area contributed by atoms with E-state index in [4.69, 9.17) is 5.11 Å². The predicted octanol–water partition coefficient (Wildman–Crippen LogP) is 0.800. The summed E-state index contributed by atoms with van der Waals surface area (Å²) in [7, 11) is 1.23. The summed E-state index contributed by atoms with van der Waals surface area (Å²) in [4.78, 5) is 34.9. The van der Waals surface area contributed by atoms with E-state index in [1.165, 1.54) is 7.11 Å². The first-order chi connectivity index (χ1) is 9.71. The second kappa shape index (κ2) is 4.87. The average molecular weight is 295 g/mol. The highest BCUT2D eigenvalue weighted by atomic mass is 16.5. The second-order valence-corrected chi connectivity index (χ2v) is 5.67. The third kappa shape index (κ3) is 2.37. The van der Waals surface area contributed by atoms with Crippen LogP contribution in [0.1, 0.15) is 29.9 Å². The SMILES string of the molecule is COC(=O)c1c(NC(=O)[C@@H]2[C@@H](C(=O)O)C2(C)C)n[nH]c1C. The van der Waals surface area contributed by atoms with E-state index in [1.807, 2.05) is 0 Å². The number of hydrogen-bond acceptors (Lipinski definition) is 5. The molecule has 0 unspecified atom stereocenters. The van der Waals surface area contributed by atoms with Crippen LogP contribution in [-0.4, -0.2) is 40.3 Å². The number of aliphatic carboxylic acids is 1. The van der Waals surface area contributed by atoms with Crippen LogP contribution in [0.3, 0.4) is 0 Å². The minimum atomic E-state index is -1.01. The fourth-order valence-corrected chi connectivity index (χ4v) is 2.65. The standard InChI is InChI=1S/C13H17N3O5/c1-5-6(12(20)21-4)9(16-15-5)14-10(17)7-8(11(18)19)13(7,2)3/h7-8H,1-4H3,(H,18,19)(H2,14,15,16,17)/t7-,8-/m0/s1. The molecule has 21 heavy (non-hydrogen) atoms. The van der Waals surface area contributed by atoms with Crippen LogP contribution in [0.5, 0.6) is 0 Å². The Morgan fingerprint density at radius 1 is 1.33 bits per heavy atom. The Bertz CT molecular complexity index is 619. The van der Waals surface area contributed by atoms with E-state index in [-0.39, 0.29) is 11.4 Å². The number of methoxy groups -OCH3 is 1. The summed E-state index contributed by atoms with van der Waals surface area (Å²) in [6.45, 7) is 5.05. The molecule has 1 fully saturated rings. The van der Waals surface area contributed by atoms with Crippen molar-refractivity contribution in [3.63, 3.8) is 0 Å². The molecule has 2 rings (SSSR count). The maximum Gasteiger partial charge on any atom is 0.343 e. The first-order valence-corrected chi connectivity index (χ1v) is 6.38. The van der Waals surface area contributed by atoms with Gasteiger partial charge in [-0.3, -0.25) is 14.7 Å². The van der Waals surface area contributed by atoms with Gasteiger partial charge in [-0.25, -0.2) is 4.79 Å². The fourth-order valence-electron chi connectivity index (χ4n) is 2.65. The Morgan fingerprint density at radius 2 is 1.95 bits per heavy atom. The van der Waals surface area contributed by atoms with E-state index >= 15 is 0 Å². The zero-order chi connectivity index (χ0) is 15.9. The molecule has 1 aliphatic carbocycles.